The highest BCUT2D eigenvalue weighted by atomic mass is 79.9. The molecule has 0 spiro atoms. The van der Waals surface area contributed by atoms with Crippen LogP contribution in [0.5, 0.6) is 0 Å². The standard InChI is InChI=1S/C14H17BrN2O2S/c1-19-14(18)12-4-2-3-7-17(12)11-6-5-9(15)8-10(11)13(16)20/h5-6,8,12H,2-4,7H2,1H3,(H2,16,20). The largest absolute Gasteiger partial charge is 0.467 e. The highest BCUT2D eigenvalue weighted by Crippen LogP contribution is 2.30. The smallest absolute Gasteiger partial charge is 0.328 e. The maximum absolute atomic E-state index is 12.0. The van der Waals surface area contributed by atoms with E-state index in [2.05, 4.69) is 20.8 Å². The van der Waals surface area contributed by atoms with Crippen molar-refractivity contribution in [2.45, 2.75) is 25.3 Å². The molecule has 4 nitrogen and oxygen atoms in total. The van der Waals surface area contributed by atoms with Crippen molar-refractivity contribution in [1.82, 2.24) is 0 Å². The minimum Gasteiger partial charge on any atom is -0.467 e. The topological polar surface area (TPSA) is 55.6 Å². The number of esters is 1. The monoisotopic (exact) mass is 356 g/mol. The summed E-state index contributed by atoms with van der Waals surface area (Å²) in [6.07, 6.45) is 2.86. The number of methoxy groups -OCH3 is 1. The Morgan fingerprint density at radius 2 is 2.25 bits per heavy atom. The van der Waals surface area contributed by atoms with Crippen LogP contribution in [0.1, 0.15) is 24.8 Å². The summed E-state index contributed by atoms with van der Waals surface area (Å²) in [7, 11) is 1.42. The van der Waals surface area contributed by atoms with E-state index in [9.17, 15) is 4.79 Å². The van der Waals surface area contributed by atoms with E-state index in [0.717, 1.165) is 41.5 Å². The fraction of sp³-hybridized carbons (Fsp3) is 0.429. The Kier molecular flexibility index (Phi) is 4.99. The number of halogens is 1. The summed E-state index contributed by atoms with van der Waals surface area (Å²) in [6, 6.07) is 5.50. The number of piperidine rings is 1. The summed E-state index contributed by atoms with van der Waals surface area (Å²) in [4.78, 5) is 14.3. The summed E-state index contributed by atoms with van der Waals surface area (Å²) in [5.41, 5.74) is 7.49. The molecule has 20 heavy (non-hydrogen) atoms. The summed E-state index contributed by atoms with van der Waals surface area (Å²) in [5.74, 6) is -0.207. The van der Waals surface area contributed by atoms with Gasteiger partial charge in [0.05, 0.1) is 7.11 Å². The van der Waals surface area contributed by atoms with Gasteiger partial charge in [-0.1, -0.05) is 28.1 Å². The van der Waals surface area contributed by atoms with E-state index in [4.69, 9.17) is 22.7 Å². The number of nitrogens with zero attached hydrogens (tertiary/aromatic N) is 1. The van der Waals surface area contributed by atoms with Crippen LogP contribution in [0.25, 0.3) is 0 Å². The minimum absolute atomic E-state index is 0.207. The van der Waals surface area contributed by atoms with Crippen LogP contribution in [0.2, 0.25) is 0 Å². The van der Waals surface area contributed by atoms with Crippen LogP contribution >= 0.6 is 28.1 Å². The Labute approximate surface area is 132 Å². The molecule has 1 aromatic carbocycles. The predicted octanol–water partition coefficient (Wildman–Crippen LogP) is 2.62. The van der Waals surface area contributed by atoms with Crippen molar-refractivity contribution < 1.29 is 9.53 Å². The molecule has 1 aliphatic rings. The van der Waals surface area contributed by atoms with Crippen molar-refractivity contribution in [3.05, 3.63) is 28.2 Å². The maximum Gasteiger partial charge on any atom is 0.328 e. The first-order chi connectivity index (χ1) is 9.54. The van der Waals surface area contributed by atoms with E-state index in [1.807, 2.05) is 18.2 Å². The summed E-state index contributed by atoms with van der Waals surface area (Å²) in [5, 5.41) is 0. The number of nitrogens with two attached hydrogens (primary N) is 1. The first kappa shape index (κ1) is 15.3. The average Bonchev–Trinajstić information content (AvgIpc) is 2.46. The molecule has 0 radical (unpaired) electrons. The molecule has 0 amide bonds. The first-order valence-electron chi connectivity index (χ1n) is 6.48. The van der Waals surface area contributed by atoms with Crippen molar-refractivity contribution in [3.8, 4) is 0 Å². The number of hydrogen-bond acceptors (Lipinski definition) is 4. The average molecular weight is 357 g/mol. The van der Waals surface area contributed by atoms with Crippen LogP contribution < -0.4 is 10.6 Å². The molecule has 1 aromatic rings. The molecule has 6 heteroatoms. The third-order valence-corrected chi connectivity index (χ3v) is 4.22. The number of benzene rings is 1. The maximum atomic E-state index is 12.0. The molecule has 2 rings (SSSR count). The molecule has 1 fully saturated rings. The lowest BCUT2D eigenvalue weighted by molar-refractivity contribution is -0.142. The zero-order valence-electron chi connectivity index (χ0n) is 11.3. The molecule has 1 atom stereocenters. The van der Waals surface area contributed by atoms with Gasteiger partial charge in [-0.05, 0) is 37.5 Å². The quantitative estimate of drug-likeness (QED) is 0.666. The molecule has 1 heterocycles. The Balaban J connectivity index is 2.42. The van der Waals surface area contributed by atoms with Gasteiger partial charge in [-0.25, -0.2) is 4.79 Å². The van der Waals surface area contributed by atoms with Crippen molar-refractivity contribution in [1.29, 1.82) is 0 Å². The zero-order chi connectivity index (χ0) is 14.7. The van der Waals surface area contributed by atoms with E-state index >= 15 is 0 Å². The van der Waals surface area contributed by atoms with Gasteiger partial charge in [-0.3, -0.25) is 0 Å². The number of thiocarbonyl (C=S) groups is 1. The van der Waals surface area contributed by atoms with Gasteiger partial charge in [-0.2, -0.15) is 0 Å². The van der Waals surface area contributed by atoms with Gasteiger partial charge in [0.1, 0.15) is 11.0 Å². The number of rotatable bonds is 3. The molecule has 108 valence electrons. The van der Waals surface area contributed by atoms with Crippen LogP contribution in [-0.2, 0) is 9.53 Å². The molecule has 0 aliphatic carbocycles. The van der Waals surface area contributed by atoms with Crippen LogP contribution in [0.4, 0.5) is 5.69 Å². The number of hydrogen-bond donors (Lipinski definition) is 1. The molecule has 0 saturated carbocycles. The lowest BCUT2D eigenvalue weighted by atomic mass is 9.99. The molecule has 1 unspecified atom stereocenters. The van der Waals surface area contributed by atoms with Gasteiger partial charge in [0.25, 0.3) is 0 Å². The number of anilines is 1. The second-order valence-electron chi connectivity index (χ2n) is 4.75. The van der Waals surface area contributed by atoms with E-state index in [-0.39, 0.29) is 12.0 Å². The van der Waals surface area contributed by atoms with Gasteiger partial charge in [0.15, 0.2) is 0 Å². The second kappa shape index (κ2) is 6.54. The molecular formula is C14H17BrN2O2S. The van der Waals surface area contributed by atoms with Crippen LogP contribution in [-0.4, -0.2) is 30.7 Å². The van der Waals surface area contributed by atoms with Gasteiger partial charge in [0.2, 0.25) is 0 Å². The van der Waals surface area contributed by atoms with Crippen molar-refractivity contribution in [2.75, 3.05) is 18.6 Å². The number of ether oxygens (including phenoxy) is 1. The van der Waals surface area contributed by atoms with E-state index in [0.29, 0.717) is 4.99 Å². The van der Waals surface area contributed by atoms with Gasteiger partial charge < -0.3 is 15.4 Å². The van der Waals surface area contributed by atoms with Crippen molar-refractivity contribution >= 4 is 44.8 Å². The molecule has 0 aromatic heterocycles. The fourth-order valence-electron chi connectivity index (χ4n) is 2.56. The van der Waals surface area contributed by atoms with Crippen LogP contribution in [0.3, 0.4) is 0 Å². The molecule has 0 bridgehead atoms. The summed E-state index contributed by atoms with van der Waals surface area (Å²) < 4.78 is 5.82. The Hall–Kier alpha value is -1.14. The third-order valence-electron chi connectivity index (χ3n) is 3.51. The molecular weight excluding hydrogens is 340 g/mol. The highest BCUT2D eigenvalue weighted by Gasteiger charge is 2.31. The number of carbonyl (C=O) groups is 1. The molecule has 1 aliphatic heterocycles. The van der Waals surface area contributed by atoms with Crippen molar-refractivity contribution in [3.63, 3.8) is 0 Å². The lowest BCUT2D eigenvalue weighted by Crippen LogP contribution is -2.46. The van der Waals surface area contributed by atoms with E-state index in [1.54, 1.807) is 0 Å². The number of carbonyl (C=O) groups excluding carboxylic acids is 1. The van der Waals surface area contributed by atoms with Crippen LogP contribution in [0, 0.1) is 0 Å². The van der Waals surface area contributed by atoms with Crippen LogP contribution in [0.15, 0.2) is 22.7 Å². The third kappa shape index (κ3) is 3.12. The minimum atomic E-state index is -0.261. The second-order valence-corrected chi connectivity index (χ2v) is 6.11. The first-order valence-corrected chi connectivity index (χ1v) is 7.68. The lowest BCUT2D eigenvalue weighted by Gasteiger charge is -2.36. The van der Waals surface area contributed by atoms with E-state index < -0.39 is 0 Å². The molecule has 1 saturated heterocycles. The van der Waals surface area contributed by atoms with Crippen molar-refractivity contribution in [2.24, 2.45) is 5.73 Å². The Bertz CT molecular complexity index is 536. The molecule has 2 N–H and O–H groups in total. The fourth-order valence-corrected chi connectivity index (χ4v) is 3.08. The summed E-state index contributed by atoms with van der Waals surface area (Å²) in [6.45, 7) is 0.803. The van der Waals surface area contributed by atoms with Gasteiger partial charge in [0, 0.05) is 22.3 Å². The normalized spacial score (nSPS) is 18.7. The van der Waals surface area contributed by atoms with Gasteiger partial charge >= 0.3 is 5.97 Å². The predicted molar refractivity (Wildman–Crippen MR) is 87.0 cm³/mol. The highest BCUT2D eigenvalue weighted by molar-refractivity contribution is 9.10. The van der Waals surface area contributed by atoms with Gasteiger partial charge in [-0.15, -0.1) is 0 Å². The summed E-state index contributed by atoms with van der Waals surface area (Å²) >= 11 is 8.55. The SMILES string of the molecule is COC(=O)C1CCCCN1c1ccc(Br)cc1C(N)=S. The Morgan fingerprint density at radius 3 is 2.90 bits per heavy atom. The Morgan fingerprint density at radius 1 is 1.50 bits per heavy atom. The van der Waals surface area contributed by atoms with E-state index in [1.165, 1.54) is 7.11 Å². The zero-order valence-corrected chi connectivity index (χ0v) is 13.7.